The number of anilines is 1. The van der Waals surface area contributed by atoms with E-state index < -0.39 is 0 Å². The normalized spacial score (nSPS) is 10.3. The first-order valence-corrected chi connectivity index (χ1v) is 8.93. The molecule has 4 nitrogen and oxygen atoms in total. The van der Waals surface area contributed by atoms with Crippen LogP contribution in [0.2, 0.25) is 5.02 Å². The van der Waals surface area contributed by atoms with Gasteiger partial charge < -0.3 is 14.8 Å². The molecular formula is C22H20ClNO3. The van der Waals surface area contributed by atoms with E-state index in [1.54, 1.807) is 12.1 Å². The average molecular weight is 382 g/mol. The van der Waals surface area contributed by atoms with Crippen molar-refractivity contribution in [3.8, 4) is 11.5 Å². The molecule has 0 fully saturated rings. The molecule has 0 aliphatic carbocycles. The summed E-state index contributed by atoms with van der Waals surface area (Å²) in [6, 6.07) is 22.3. The van der Waals surface area contributed by atoms with Crippen molar-refractivity contribution >= 4 is 23.2 Å². The predicted octanol–water partition coefficient (Wildman–Crippen LogP) is 5.24. The first-order chi connectivity index (χ1) is 13.1. The van der Waals surface area contributed by atoms with E-state index in [1.807, 2.05) is 67.6 Å². The van der Waals surface area contributed by atoms with E-state index in [9.17, 15) is 4.79 Å². The minimum Gasteiger partial charge on any atom is -0.489 e. The molecule has 0 radical (unpaired) electrons. The van der Waals surface area contributed by atoms with Crippen LogP contribution in [0, 0.1) is 6.92 Å². The highest BCUT2D eigenvalue weighted by molar-refractivity contribution is 6.30. The topological polar surface area (TPSA) is 47.6 Å². The fourth-order valence-corrected chi connectivity index (χ4v) is 2.56. The lowest BCUT2D eigenvalue weighted by molar-refractivity contribution is -0.118. The standard InChI is InChI=1S/C22H20ClNO3/c1-16-3-2-4-21(13-16)27-15-22(25)24-19-9-11-20(12-10-19)26-14-17-5-7-18(23)8-6-17/h2-13H,14-15H2,1H3,(H,24,25). The van der Waals surface area contributed by atoms with Gasteiger partial charge >= 0.3 is 0 Å². The Kier molecular flexibility index (Phi) is 6.34. The molecule has 0 aromatic heterocycles. The molecule has 0 saturated heterocycles. The van der Waals surface area contributed by atoms with Gasteiger partial charge in [0.25, 0.3) is 5.91 Å². The van der Waals surface area contributed by atoms with E-state index in [2.05, 4.69) is 5.32 Å². The number of carbonyl (C=O) groups is 1. The van der Waals surface area contributed by atoms with Crippen LogP contribution in [-0.2, 0) is 11.4 Å². The van der Waals surface area contributed by atoms with Crippen molar-refractivity contribution in [3.05, 3.63) is 88.9 Å². The lowest BCUT2D eigenvalue weighted by atomic mass is 10.2. The number of amides is 1. The molecule has 1 N–H and O–H groups in total. The van der Waals surface area contributed by atoms with E-state index in [1.165, 1.54) is 0 Å². The first-order valence-electron chi connectivity index (χ1n) is 8.55. The van der Waals surface area contributed by atoms with E-state index in [-0.39, 0.29) is 12.5 Å². The fraction of sp³-hybridized carbons (Fsp3) is 0.136. The van der Waals surface area contributed by atoms with Crippen molar-refractivity contribution in [2.45, 2.75) is 13.5 Å². The van der Waals surface area contributed by atoms with Crippen molar-refractivity contribution in [2.24, 2.45) is 0 Å². The van der Waals surface area contributed by atoms with E-state index in [0.29, 0.717) is 23.1 Å². The zero-order valence-corrected chi connectivity index (χ0v) is 15.7. The molecular weight excluding hydrogens is 362 g/mol. The molecule has 3 aromatic carbocycles. The molecule has 138 valence electrons. The molecule has 0 heterocycles. The van der Waals surface area contributed by atoms with Crippen molar-refractivity contribution in [1.82, 2.24) is 0 Å². The number of aryl methyl sites for hydroxylation is 1. The van der Waals surface area contributed by atoms with Crippen LogP contribution in [0.5, 0.6) is 11.5 Å². The second kappa shape index (κ2) is 9.10. The molecule has 0 spiro atoms. The molecule has 27 heavy (non-hydrogen) atoms. The average Bonchev–Trinajstić information content (AvgIpc) is 2.67. The molecule has 0 unspecified atom stereocenters. The number of halogens is 1. The predicted molar refractivity (Wildman–Crippen MR) is 108 cm³/mol. The number of hydrogen-bond acceptors (Lipinski definition) is 3. The van der Waals surface area contributed by atoms with Gasteiger partial charge in [0.1, 0.15) is 18.1 Å². The minimum atomic E-state index is -0.216. The van der Waals surface area contributed by atoms with Gasteiger partial charge in [-0.2, -0.15) is 0 Å². The van der Waals surface area contributed by atoms with Crippen LogP contribution in [0.4, 0.5) is 5.69 Å². The summed E-state index contributed by atoms with van der Waals surface area (Å²) < 4.78 is 11.2. The summed E-state index contributed by atoms with van der Waals surface area (Å²) in [5.74, 6) is 1.18. The molecule has 0 bridgehead atoms. The van der Waals surface area contributed by atoms with Crippen LogP contribution in [0.15, 0.2) is 72.8 Å². The number of benzene rings is 3. The third-order valence-electron chi connectivity index (χ3n) is 3.82. The van der Waals surface area contributed by atoms with Crippen LogP contribution in [0.3, 0.4) is 0 Å². The highest BCUT2D eigenvalue weighted by atomic mass is 35.5. The van der Waals surface area contributed by atoms with Crippen LogP contribution >= 0.6 is 11.6 Å². The lowest BCUT2D eigenvalue weighted by Gasteiger charge is -2.10. The Labute approximate surface area is 163 Å². The summed E-state index contributed by atoms with van der Waals surface area (Å²) in [5.41, 5.74) is 2.80. The number of rotatable bonds is 7. The van der Waals surface area contributed by atoms with Gasteiger partial charge in [-0.1, -0.05) is 35.9 Å². The van der Waals surface area contributed by atoms with Crippen molar-refractivity contribution < 1.29 is 14.3 Å². The maximum atomic E-state index is 12.0. The maximum Gasteiger partial charge on any atom is 0.262 e. The SMILES string of the molecule is Cc1cccc(OCC(=O)Nc2ccc(OCc3ccc(Cl)cc3)cc2)c1. The minimum absolute atomic E-state index is 0.0434. The van der Waals surface area contributed by atoms with Crippen molar-refractivity contribution in [3.63, 3.8) is 0 Å². The number of carbonyl (C=O) groups excluding carboxylic acids is 1. The molecule has 3 aromatic rings. The highest BCUT2D eigenvalue weighted by Gasteiger charge is 2.05. The number of hydrogen-bond donors (Lipinski definition) is 1. The Morgan fingerprint density at radius 3 is 2.37 bits per heavy atom. The zero-order valence-electron chi connectivity index (χ0n) is 14.9. The van der Waals surface area contributed by atoms with Crippen LogP contribution in [-0.4, -0.2) is 12.5 Å². The molecule has 0 aliphatic heterocycles. The molecule has 3 rings (SSSR count). The zero-order chi connectivity index (χ0) is 19.1. The van der Waals surface area contributed by atoms with Gasteiger partial charge in [-0.25, -0.2) is 0 Å². The van der Waals surface area contributed by atoms with Gasteiger partial charge in [-0.05, 0) is 66.6 Å². The summed E-state index contributed by atoms with van der Waals surface area (Å²) in [6.07, 6.45) is 0. The Morgan fingerprint density at radius 2 is 1.67 bits per heavy atom. The molecule has 0 aliphatic rings. The third kappa shape index (κ3) is 6.04. The summed E-state index contributed by atoms with van der Waals surface area (Å²) in [6.45, 7) is 2.38. The molecule has 0 atom stereocenters. The Balaban J connectivity index is 1.46. The Morgan fingerprint density at radius 1 is 0.926 bits per heavy atom. The van der Waals surface area contributed by atoms with E-state index in [4.69, 9.17) is 21.1 Å². The van der Waals surface area contributed by atoms with Gasteiger partial charge in [0.2, 0.25) is 0 Å². The second-order valence-electron chi connectivity index (χ2n) is 6.09. The first kappa shape index (κ1) is 18.8. The van der Waals surface area contributed by atoms with Crippen LogP contribution in [0.1, 0.15) is 11.1 Å². The van der Waals surface area contributed by atoms with Crippen LogP contribution in [0.25, 0.3) is 0 Å². The Hall–Kier alpha value is -2.98. The van der Waals surface area contributed by atoms with Gasteiger partial charge in [0.15, 0.2) is 6.61 Å². The highest BCUT2D eigenvalue weighted by Crippen LogP contribution is 2.18. The monoisotopic (exact) mass is 381 g/mol. The largest absolute Gasteiger partial charge is 0.489 e. The summed E-state index contributed by atoms with van der Waals surface area (Å²) in [4.78, 5) is 12.0. The summed E-state index contributed by atoms with van der Waals surface area (Å²) in [7, 11) is 0. The van der Waals surface area contributed by atoms with Crippen molar-refractivity contribution in [2.75, 3.05) is 11.9 Å². The second-order valence-corrected chi connectivity index (χ2v) is 6.53. The van der Waals surface area contributed by atoms with Crippen molar-refractivity contribution in [1.29, 1.82) is 0 Å². The molecule has 1 amide bonds. The quantitative estimate of drug-likeness (QED) is 0.608. The van der Waals surface area contributed by atoms with Gasteiger partial charge in [-0.15, -0.1) is 0 Å². The maximum absolute atomic E-state index is 12.0. The molecule has 0 saturated carbocycles. The molecule has 5 heteroatoms. The number of ether oxygens (including phenoxy) is 2. The van der Waals surface area contributed by atoms with E-state index in [0.717, 1.165) is 16.9 Å². The van der Waals surface area contributed by atoms with Crippen LogP contribution < -0.4 is 14.8 Å². The van der Waals surface area contributed by atoms with Gasteiger partial charge in [0, 0.05) is 10.7 Å². The van der Waals surface area contributed by atoms with Gasteiger partial charge in [0.05, 0.1) is 0 Å². The van der Waals surface area contributed by atoms with E-state index >= 15 is 0 Å². The summed E-state index contributed by atoms with van der Waals surface area (Å²) in [5, 5.41) is 3.50. The lowest BCUT2D eigenvalue weighted by Crippen LogP contribution is -2.20. The summed E-state index contributed by atoms with van der Waals surface area (Å²) >= 11 is 5.87. The fourth-order valence-electron chi connectivity index (χ4n) is 2.43. The smallest absolute Gasteiger partial charge is 0.262 e. The number of nitrogens with one attached hydrogen (secondary N) is 1. The van der Waals surface area contributed by atoms with Gasteiger partial charge in [-0.3, -0.25) is 4.79 Å². The third-order valence-corrected chi connectivity index (χ3v) is 4.07. The Bertz CT molecular complexity index is 892.